The molecule has 2 heterocycles. The van der Waals surface area contributed by atoms with Crippen molar-refractivity contribution in [2.45, 2.75) is 25.2 Å². The third-order valence-corrected chi connectivity index (χ3v) is 7.70. The van der Waals surface area contributed by atoms with E-state index in [0.717, 1.165) is 27.7 Å². The number of phenolic OH excluding ortho intramolecular Hbond substituents is 1. The Morgan fingerprint density at radius 1 is 1.00 bits per heavy atom. The number of amides is 1. The number of methoxy groups -OCH3 is 1. The number of aromatic hydroxyl groups is 2. The average Bonchev–Trinajstić information content (AvgIpc) is 3.42. The lowest BCUT2D eigenvalue weighted by Gasteiger charge is -2.22. The van der Waals surface area contributed by atoms with E-state index in [9.17, 15) is 19.8 Å². The van der Waals surface area contributed by atoms with E-state index in [2.05, 4.69) is 40.6 Å². The Morgan fingerprint density at radius 2 is 1.72 bits per heavy atom. The van der Waals surface area contributed by atoms with E-state index in [0.29, 0.717) is 17.9 Å². The molecule has 1 amide bonds. The summed E-state index contributed by atoms with van der Waals surface area (Å²) in [4.78, 5) is 31.4. The summed E-state index contributed by atoms with van der Waals surface area (Å²) in [6, 6.07) is 22.1. The van der Waals surface area contributed by atoms with E-state index in [4.69, 9.17) is 9.15 Å². The average molecular weight is 582 g/mol. The number of hydrogen-bond acceptors (Lipinski definition) is 7. The van der Waals surface area contributed by atoms with Crippen LogP contribution in [0.3, 0.4) is 0 Å². The van der Waals surface area contributed by atoms with Crippen LogP contribution in [0.2, 0.25) is 0 Å². The summed E-state index contributed by atoms with van der Waals surface area (Å²) >= 11 is 0. The van der Waals surface area contributed by atoms with Crippen LogP contribution in [0, 0.1) is 6.92 Å². The van der Waals surface area contributed by atoms with Crippen LogP contribution in [-0.4, -0.2) is 48.9 Å². The number of aryl methyl sites for hydroxylation is 1. The van der Waals surface area contributed by atoms with E-state index >= 15 is 0 Å². The van der Waals surface area contributed by atoms with Crippen molar-refractivity contribution >= 4 is 22.5 Å². The lowest BCUT2D eigenvalue weighted by atomic mass is 9.89. The van der Waals surface area contributed by atoms with Crippen LogP contribution >= 0.6 is 0 Å². The first-order valence-corrected chi connectivity index (χ1v) is 14.0. The summed E-state index contributed by atoms with van der Waals surface area (Å²) in [6.07, 6.45) is 1.85. The highest BCUT2D eigenvalue weighted by atomic mass is 16.5. The van der Waals surface area contributed by atoms with Gasteiger partial charge in [-0.1, -0.05) is 36.4 Å². The molecule has 9 nitrogen and oxygen atoms in total. The van der Waals surface area contributed by atoms with Gasteiger partial charge in [0.05, 0.1) is 13.0 Å². The SMILES string of the molecule is COc1cc([C@@H](CC(=O)NC[C@H](c2ccc(N(C)C)cc2)c2c[nH]c3ccccc23)c2oc(C)cc(=O)c2O)ccc1O. The second-order valence-electron chi connectivity index (χ2n) is 10.8. The van der Waals surface area contributed by atoms with Crippen molar-refractivity contribution in [3.8, 4) is 17.2 Å². The molecular weight excluding hydrogens is 546 g/mol. The molecule has 0 bridgehead atoms. The lowest BCUT2D eigenvalue weighted by Crippen LogP contribution is -2.30. The van der Waals surface area contributed by atoms with Crippen molar-refractivity contribution in [3.05, 3.63) is 117 Å². The predicted molar refractivity (Wildman–Crippen MR) is 166 cm³/mol. The highest BCUT2D eigenvalue weighted by molar-refractivity contribution is 5.84. The fraction of sp³-hybridized carbons (Fsp3) is 0.235. The van der Waals surface area contributed by atoms with Crippen molar-refractivity contribution in [1.29, 1.82) is 0 Å². The van der Waals surface area contributed by atoms with Gasteiger partial charge in [-0.05, 0) is 53.9 Å². The highest BCUT2D eigenvalue weighted by Crippen LogP contribution is 2.37. The molecule has 222 valence electrons. The second kappa shape index (κ2) is 12.4. The van der Waals surface area contributed by atoms with Crippen LogP contribution < -0.4 is 20.4 Å². The maximum atomic E-state index is 13.6. The number of fused-ring (bicyclic) bond motifs is 1. The number of rotatable bonds is 10. The van der Waals surface area contributed by atoms with Crippen LogP contribution in [0.5, 0.6) is 17.2 Å². The number of anilines is 1. The van der Waals surface area contributed by atoms with Gasteiger partial charge in [-0.15, -0.1) is 0 Å². The minimum atomic E-state index is -0.826. The third kappa shape index (κ3) is 6.21. The lowest BCUT2D eigenvalue weighted by molar-refractivity contribution is -0.121. The molecule has 5 aromatic rings. The van der Waals surface area contributed by atoms with Gasteiger partial charge in [-0.25, -0.2) is 0 Å². The maximum absolute atomic E-state index is 13.6. The molecule has 0 aliphatic heterocycles. The number of benzene rings is 3. The monoisotopic (exact) mass is 581 g/mol. The summed E-state index contributed by atoms with van der Waals surface area (Å²) in [7, 11) is 5.39. The molecule has 4 N–H and O–H groups in total. The number of aromatic amines is 1. The highest BCUT2D eigenvalue weighted by Gasteiger charge is 2.28. The van der Waals surface area contributed by atoms with E-state index in [1.807, 2.05) is 43.4 Å². The minimum absolute atomic E-state index is 0.0275. The zero-order chi connectivity index (χ0) is 30.7. The predicted octanol–water partition coefficient (Wildman–Crippen LogP) is 5.39. The molecule has 3 aromatic carbocycles. The van der Waals surface area contributed by atoms with E-state index in [-0.39, 0.29) is 35.5 Å². The number of nitrogens with zero attached hydrogens (tertiary/aromatic N) is 1. The van der Waals surface area contributed by atoms with Gasteiger partial charge >= 0.3 is 0 Å². The number of ether oxygens (including phenoxy) is 1. The summed E-state index contributed by atoms with van der Waals surface area (Å²) in [5, 5.41) is 25.0. The van der Waals surface area contributed by atoms with E-state index < -0.39 is 17.1 Å². The number of hydrogen-bond donors (Lipinski definition) is 4. The first kappa shape index (κ1) is 29.3. The molecule has 5 rings (SSSR count). The largest absolute Gasteiger partial charge is 0.504 e. The number of aromatic nitrogens is 1. The molecular formula is C34H35N3O6. The van der Waals surface area contributed by atoms with Crippen LogP contribution in [0.1, 0.15) is 46.5 Å². The van der Waals surface area contributed by atoms with Crippen molar-refractivity contribution in [1.82, 2.24) is 10.3 Å². The van der Waals surface area contributed by atoms with Gasteiger partial charge < -0.3 is 34.6 Å². The number of para-hydroxylation sites is 1. The van der Waals surface area contributed by atoms with Crippen molar-refractivity contribution in [2.24, 2.45) is 0 Å². The summed E-state index contributed by atoms with van der Waals surface area (Å²) in [5.74, 6) is -1.47. The first-order chi connectivity index (χ1) is 20.7. The summed E-state index contributed by atoms with van der Waals surface area (Å²) in [5.41, 5.74) is 4.09. The molecule has 0 unspecified atom stereocenters. The normalized spacial score (nSPS) is 12.6. The number of nitrogens with one attached hydrogen (secondary N) is 2. The number of H-pyrrole nitrogens is 1. The first-order valence-electron chi connectivity index (χ1n) is 14.0. The Bertz CT molecular complexity index is 1810. The van der Waals surface area contributed by atoms with Gasteiger partial charge in [-0.3, -0.25) is 9.59 Å². The van der Waals surface area contributed by atoms with Gasteiger partial charge in [-0.2, -0.15) is 0 Å². The Morgan fingerprint density at radius 3 is 2.44 bits per heavy atom. The molecule has 9 heteroatoms. The number of phenols is 1. The Labute approximate surface area is 249 Å². The molecule has 0 radical (unpaired) electrons. The van der Waals surface area contributed by atoms with Crippen LogP contribution in [-0.2, 0) is 4.79 Å². The standard InChI is InChI=1S/C34H35N3O6/c1-20-15-30(39)33(41)34(43-20)25(22-11-14-29(38)31(16-22)42-4)17-32(40)36-18-26(21-9-12-23(13-10-21)37(2)3)27-19-35-28-8-6-5-7-24(27)28/h5-16,19,25-26,35,38,41H,17-18H2,1-4H3,(H,36,40)/t25-,26-/m1/s1. The molecule has 0 saturated heterocycles. The molecule has 43 heavy (non-hydrogen) atoms. The summed E-state index contributed by atoms with van der Waals surface area (Å²) in [6.45, 7) is 1.91. The van der Waals surface area contributed by atoms with Crippen LogP contribution in [0.25, 0.3) is 10.9 Å². The van der Waals surface area contributed by atoms with Crippen LogP contribution in [0.4, 0.5) is 5.69 Å². The van der Waals surface area contributed by atoms with Crippen molar-refractivity contribution in [2.75, 3.05) is 32.6 Å². The number of carbonyl (C=O) groups excluding carboxylic acids is 1. The van der Waals surface area contributed by atoms with Crippen molar-refractivity contribution < 1.29 is 24.2 Å². The zero-order valence-corrected chi connectivity index (χ0v) is 24.5. The summed E-state index contributed by atoms with van der Waals surface area (Å²) < 4.78 is 11.1. The van der Waals surface area contributed by atoms with Gasteiger partial charge in [0.1, 0.15) is 5.76 Å². The molecule has 0 aliphatic carbocycles. The Balaban J connectivity index is 1.47. The van der Waals surface area contributed by atoms with Gasteiger partial charge in [0.2, 0.25) is 17.1 Å². The molecule has 2 aromatic heterocycles. The van der Waals surface area contributed by atoms with Crippen molar-refractivity contribution in [3.63, 3.8) is 0 Å². The molecule has 0 spiro atoms. The van der Waals surface area contributed by atoms with E-state index in [1.54, 1.807) is 19.1 Å². The Kier molecular flexibility index (Phi) is 8.43. The van der Waals surface area contributed by atoms with Gasteiger partial charge in [0.15, 0.2) is 17.3 Å². The quantitative estimate of drug-likeness (QED) is 0.174. The zero-order valence-electron chi connectivity index (χ0n) is 24.5. The molecule has 0 fully saturated rings. The smallest absolute Gasteiger partial charge is 0.227 e. The Hall–Kier alpha value is -5.18. The fourth-order valence-corrected chi connectivity index (χ4v) is 5.40. The van der Waals surface area contributed by atoms with Gasteiger partial charge in [0.25, 0.3) is 0 Å². The molecule has 2 atom stereocenters. The van der Waals surface area contributed by atoms with Gasteiger partial charge in [0, 0.05) is 61.8 Å². The maximum Gasteiger partial charge on any atom is 0.227 e. The van der Waals surface area contributed by atoms with Crippen LogP contribution in [0.15, 0.2) is 88.2 Å². The third-order valence-electron chi connectivity index (χ3n) is 7.70. The second-order valence-corrected chi connectivity index (χ2v) is 10.8. The fourth-order valence-electron chi connectivity index (χ4n) is 5.40. The molecule has 0 saturated carbocycles. The van der Waals surface area contributed by atoms with E-state index in [1.165, 1.54) is 19.2 Å². The molecule has 0 aliphatic rings. The number of carbonyl (C=O) groups is 1. The topological polar surface area (TPSA) is 128 Å². The minimum Gasteiger partial charge on any atom is -0.504 e.